The fraction of sp³-hybridized carbons (Fsp3) is 0.800. The number of hydrogen-bond donors (Lipinski definition) is 0. The molecule has 0 aliphatic heterocycles. The molecule has 0 bridgehead atoms. The summed E-state index contributed by atoms with van der Waals surface area (Å²) in [6.07, 6.45) is 4.69. The summed E-state index contributed by atoms with van der Waals surface area (Å²) >= 11 is 0. The molecule has 5 heteroatoms. The summed E-state index contributed by atoms with van der Waals surface area (Å²) in [5, 5.41) is 0. The molecule has 0 radical (unpaired) electrons. The van der Waals surface area contributed by atoms with Crippen molar-refractivity contribution in [3.05, 3.63) is 0 Å². The second-order valence-corrected chi connectivity index (χ2v) is 4.68. The minimum absolute atomic E-state index is 0.172. The molecule has 116 valence electrons. The van der Waals surface area contributed by atoms with Crippen LogP contribution in [-0.2, 0) is 23.9 Å². The molecule has 0 N–H and O–H groups in total. The van der Waals surface area contributed by atoms with Gasteiger partial charge in [0.25, 0.3) is 0 Å². The van der Waals surface area contributed by atoms with Crippen molar-refractivity contribution >= 4 is 18.2 Å². The lowest BCUT2D eigenvalue weighted by molar-refractivity contribution is -0.162. The molecule has 0 aromatic rings. The third-order valence-corrected chi connectivity index (χ3v) is 3.05. The average molecular weight is 286 g/mol. The van der Waals surface area contributed by atoms with E-state index >= 15 is 0 Å². The van der Waals surface area contributed by atoms with Gasteiger partial charge in [0.2, 0.25) is 0 Å². The Labute approximate surface area is 121 Å². The van der Waals surface area contributed by atoms with E-state index in [0.717, 1.165) is 25.5 Å². The van der Waals surface area contributed by atoms with E-state index in [2.05, 4.69) is 6.92 Å². The molecule has 0 aliphatic rings. The molecule has 0 aromatic carbocycles. The summed E-state index contributed by atoms with van der Waals surface area (Å²) in [6.45, 7) is 5.85. The van der Waals surface area contributed by atoms with Crippen molar-refractivity contribution in [2.45, 2.75) is 52.9 Å². The molecule has 20 heavy (non-hydrogen) atoms. The van der Waals surface area contributed by atoms with Crippen molar-refractivity contribution in [2.24, 2.45) is 11.8 Å². The lowest BCUT2D eigenvalue weighted by Crippen LogP contribution is -2.30. The lowest BCUT2D eigenvalue weighted by atomic mass is 9.91. The average Bonchev–Trinajstić information content (AvgIpc) is 2.43. The second kappa shape index (κ2) is 11.4. The van der Waals surface area contributed by atoms with E-state index in [-0.39, 0.29) is 25.6 Å². The van der Waals surface area contributed by atoms with E-state index in [0.29, 0.717) is 6.42 Å². The zero-order valence-corrected chi connectivity index (χ0v) is 12.7. The number of rotatable bonds is 11. The Morgan fingerprint density at radius 2 is 1.55 bits per heavy atom. The van der Waals surface area contributed by atoms with E-state index in [9.17, 15) is 14.4 Å². The molecule has 1 atom stereocenters. The largest absolute Gasteiger partial charge is 0.465 e. The number of carbonyl (C=O) groups is 3. The smallest absolute Gasteiger partial charge is 0.320 e. The molecule has 0 fully saturated rings. The fourth-order valence-corrected chi connectivity index (χ4v) is 1.98. The normalized spacial score (nSPS) is 12.0. The van der Waals surface area contributed by atoms with Gasteiger partial charge in [-0.15, -0.1) is 0 Å². The molecule has 0 amide bonds. The van der Waals surface area contributed by atoms with Crippen molar-refractivity contribution in [2.75, 3.05) is 13.2 Å². The molecule has 0 rings (SSSR count). The van der Waals surface area contributed by atoms with Crippen molar-refractivity contribution in [1.29, 1.82) is 0 Å². The highest BCUT2D eigenvalue weighted by Crippen LogP contribution is 2.20. The summed E-state index contributed by atoms with van der Waals surface area (Å²) in [4.78, 5) is 34.7. The van der Waals surface area contributed by atoms with Crippen LogP contribution >= 0.6 is 0 Å². The van der Waals surface area contributed by atoms with Crippen LogP contribution in [0.4, 0.5) is 0 Å². The quantitative estimate of drug-likeness (QED) is 0.253. The zero-order valence-electron chi connectivity index (χ0n) is 12.7. The number of unbranched alkanes of at least 4 members (excludes halogenated alkanes) is 2. The number of aldehydes is 1. The molecule has 0 saturated heterocycles. The molecular formula is C15H26O5. The number of ether oxygens (including phenoxy) is 2. The lowest BCUT2D eigenvalue weighted by Gasteiger charge is -2.17. The second-order valence-electron chi connectivity index (χ2n) is 4.68. The highest BCUT2D eigenvalue weighted by Gasteiger charge is 2.32. The Morgan fingerprint density at radius 3 is 1.95 bits per heavy atom. The Kier molecular flexibility index (Phi) is 10.6. The maximum atomic E-state index is 11.8. The minimum Gasteiger partial charge on any atom is -0.465 e. The van der Waals surface area contributed by atoms with Gasteiger partial charge in [0.05, 0.1) is 13.2 Å². The summed E-state index contributed by atoms with van der Waals surface area (Å²) in [5.41, 5.74) is 0. The molecule has 5 nitrogen and oxygen atoms in total. The van der Waals surface area contributed by atoms with E-state index in [1.807, 2.05) is 0 Å². The first-order chi connectivity index (χ1) is 9.60. The van der Waals surface area contributed by atoms with Crippen LogP contribution in [0.3, 0.4) is 0 Å². The van der Waals surface area contributed by atoms with Crippen LogP contribution in [0.25, 0.3) is 0 Å². The van der Waals surface area contributed by atoms with Gasteiger partial charge in [0.15, 0.2) is 5.92 Å². The highest BCUT2D eigenvalue weighted by molar-refractivity contribution is 5.95. The summed E-state index contributed by atoms with van der Waals surface area (Å²) in [7, 11) is 0. The van der Waals surface area contributed by atoms with E-state index < -0.39 is 17.9 Å². The molecule has 0 saturated carbocycles. The minimum atomic E-state index is -0.994. The summed E-state index contributed by atoms with van der Waals surface area (Å²) in [5.74, 6) is -2.51. The van der Waals surface area contributed by atoms with E-state index in [1.54, 1.807) is 13.8 Å². The van der Waals surface area contributed by atoms with Gasteiger partial charge >= 0.3 is 11.9 Å². The molecule has 0 heterocycles. The third kappa shape index (κ3) is 7.26. The van der Waals surface area contributed by atoms with Crippen LogP contribution in [0, 0.1) is 11.8 Å². The topological polar surface area (TPSA) is 69.7 Å². The zero-order chi connectivity index (χ0) is 15.4. The van der Waals surface area contributed by atoms with Crippen LogP contribution in [-0.4, -0.2) is 31.4 Å². The van der Waals surface area contributed by atoms with Gasteiger partial charge in [-0.3, -0.25) is 9.59 Å². The van der Waals surface area contributed by atoms with Gasteiger partial charge in [-0.05, 0) is 26.7 Å². The maximum absolute atomic E-state index is 11.8. The first-order valence-electron chi connectivity index (χ1n) is 7.39. The van der Waals surface area contributed by atoms with Gasteiger partial charge in [0.1, 0.15) is 6.29 Å². The van der Waals surface area contributed by atoms with Crippen LogP contribution in [0.15, 0.2) is 0 Å². The van der Waals surface area contributed by atoms with Crippen LogP contribution < -0.4 is 0 Å². The molecule has 0 unspecified atom stereocenters. The Balaban J connectivity index is 4.62. The van der Waals surface area contributed by atoms with Crippen LogP contribution in [0.2, 0.25) is 0 Å². The highest BCUT2D eigenvalue weighted by atomic mass is 16.6. The van der Waals surface area contributed by atoms with Crippen molar-refractivity contribution in [1.82, 2.24) is 0 Å². The monoisotopic (exact) mass is 286 g/mol. The molecule has 0 aliphatic carbocycles. The number of hydrogen-bond acceptors (Lipinski definition) is 5. The van der Waals surface area contributed by atoms with Gasteiger partial charge in [0, 0.05) is 5.92 Å². The van der Waals surface area contributed by atoms with E-state index in [1.165, 1.54) is 0 Å². The molecule has 0 aromatic heterocycles. The Morgan fingerprint density at radius 1 is 1.00 bits per heavy atom. The van der Waals surface area contributed by atoms with Crippen molar-refractivity contribution < 1.29 is 23.9 Å². The fourth-order valence-electron chi connectivity index (χ4n) is 1.98. The van der Waals surface area contributed by atoms with Gasteiger partial charge in [-0.2, -0.15) is 0 Å². The van der Waals surface area contributed by atoms with Crippen LogP contribution in [0.5, 0.6) is 0 Å². The molecular weight excluding hydrogens is 260 g/mol. The van der Waals surface area contributed by atoms with Gasteiger partial charge in [-0.25, -0.2) is 0 Å². The van der Waals surface area contributed by atoms with E-state index in [4.69, 9.17) is 9.47 Å². The maximum Gasteiger partial charge on any atom is 0.320 e. The predicted molar refractivity (Wildman–Crippen MR) is 75.1 cm³/mol. The Bertz CT molecular complexity index is 283. The van der Waals surface area contributed by atoms with Crippen molar-refractivity contribution in [3.8, 4) is 0 Å². The Hall–Kier alpha value is -1.39. The van der Waals surface area contributed by atoms with Gasteiger partial charge in [-0.1, -0.05) is 26.2 Å². The number of esters is 2. The third-order valence-electron chi connectivity index (χ3n) is 3.05. The van der Waals surface area contributed by atoms with Crippen LogP contribution in [0.1, 0.15) is 52.9 Å². The summed E-state index contributed by atoms with van der Waals surface area (Å²) < 4.78 is 9.77. The van der Waals surface area contributed by atoms with Gasteiger partial charge < -0.3 is 14.3 Å². The van der Waals surface area contributed by atoms with Crippen molar-refractivity contribution in [3.63, 3.8) is 0 Å². The molecule has 0 spiro atoms. The first kappa shape index (κ1) is 18.6. The SMILES string of the molecule is CCCCC[C@@H](C=O)CC(C(=O)OCC)C(=O)OCC. The summed E-state index contributed by atoms with van der Waals surface area (Å²) in [6, 6.07) is 0. The first-order valence-corrected chi connectivity index (χ1v) is 7.39. The predicted octanol–water partition coefficient (Wildman–Crippen LogP) is 2.51. The standard InChI is InChI=1S/C15H26O5/c1-4-7-8-9-12(11-16)10-13(14(17)19-5-2)15(18)20-6-3/h11-13H,4-10H2,1-3H3/t12-/m1/s1. The number of carbonyl (C=O) groups excluding carboxylic acids is 3.